The summed E-state index contributed by atoms with van der Waals surface area (Å²) in [4.78, 5) is 7.34. The van der Waals surface area contributed by atoms with Gasteiger partial charge in [-0.25, -0.2) is 0 Å². The van der Waals surface area contributed by atoms with Crippen molar-refractivity contribution in [2.75, 3.05) is 13.6 Å². The Morgan fingerprint density at radius 3 is 1.90 bits per heavy atom. The minimum Gasteiger partial charge on any atom is -0.356 e. The fourth-order valence-corrected chi connectivity index (χ4v) is 4.03. The van der Waals surface area contributed by atoms with Crippen LogP contribution >= 0.6 is 0 Å². The van der Waals surface area contributed by atoms with Crippen molar-refractivity contribution in [2.24, 2.45) is 4.99 Å². The van der Waals surface area contributed by atoms with Crippen LogP contribution in [0.3, 0.4) is 0 Å². The second-order valence-electron chi connectivity index (χ2n) is 6.82. The zero-order valence-corrected chi connectivity index (χ0v) is 14.2. The third-order valence-corrected chi connectivity index (χ3v) is 5.21. The fourth-order valence-electron chi connectivity index (χ4n) is 4.03. The zero-order chi connectivity index (χ0) is 14.9. The number of aliphatic imine (C=N–C) groups is 1. The van der Waals surface area contributed by atoms with Crippen LogP contribution < -0.4 is 5.32 Å². The molecule has 0 heterocycles. The molecule has 0 atom stereocenters. The average Bonchev–Trinajstić information content (AvgIpc) is 2.56. The zero-order valence-electron chi connectivity index (χ0n) is 14.2. The minimum absolute atomic E-state index is 0.731. The summed E-state index contributed by atoms with van der Waals surface area (Å²) in [5.41, 5.74) is 0. The molecule has 0 radical (unpaired) electrons. The van der Waals surface area contributed by atoms with E-state index in [0.717, 1.165) is 18.6 Å². The first-order valence-corrected chi connectivity index (χ1v) is 9.35. The van der Waals surface area contributed by atoms with Crippen molar-refractivity contribution in [2.45, 2.75) is 96.1 Å². The van der Waals surface area contributed by atoms with Gasteiger partial charge in [0.15, 0.2) is 5.96 Å². The second kappa shape index (κ2) is 9.32. The molecular weight excluding hydrogens is 258 g/mol. The molecule has 3 nitrogen and oxygen atoms in total. The summed E-state index contributed by atoms with van der Waals surface area (Å²) in [6.07, 6.45) is 16.4. The van der Waals surface area contributed by atoms with Crippen molar-refractivity contribution in [3.8, 4) is 0 Å². The van der Waals surface area contributed by atoms with Crippen molar-refractivity contribution in [3.05, 3.63) is 0 Å². The van der Waals surface area contributed by atoms with E-state index in [-0.39, 0.29) is 0 Å². The summed E-state index contributed by atoms with van der Waals surface area (Å²) in [7, 11) is 1.97. The standard InChI is InChI=1S/C18H35N3/c1-3-4-15-20-18(19-2)21(16-11-7-5-8-12-16)17-13-9-6-10-14-17/h16-17H,3-15H2,1-2H3,(H,19,20). The van der Waals surface area contributed by atoms with Gasteiger partial charge in [0.25, 0.3) is 0 Å². The largest absolute Gasteiger partial charge is 0.356 e. The lowest BCUT2D eigenvalue weighted by Crippen LogP contribution is -2.53. The number of hydrogen-bond acceptors (Lipinski definition) is 1. The van der Waals surface area contributed by atoms with E-state index in [1.807, 2.05) is 7.05 Å². The topological polar surface area (TPSA) is 27.6 Å². The molecule has 21 heavy (non-hydrogen) atoms. The predicted octanol–water partition coefficient (Wildman–Crippen LogP) is 4.33. The van der Waals surface area contributed by atoms with Crippen LogP contribution in [0.15, 0.2) is 4.99 Å². The average molecular weight is 293 g/mol. The molecule has 0 bridgehead atoms. The summed E-state index contributed by atoms with van der Waals surface area (Å²) < 4.78 is 0. The van der Waals surface area contributed by atoms with Crippen LogP contribution in [0.2, 0.25) is 0 Å². The lowest BCUT2D eigenvalue weighted by molar-refractivity contribution is 0.152. The second-order valence-corrected chi connectivity index (χ2v) is 6.82. The van der Waals surface area contributed by atoms with Gasteiger partial charge in [-0.1, -0.05) is 51.9 Å². The first kappa shape index (κ1) is 16.6. The summed E-state index contributed by atoms with van der Waals surface area (Å²) >= 11 is 0. The van der Waals surface area contributed by atoms with Gasteiger partial charge >= 0.3 is 0 Å². The van der Waals surface area contributed by atoms with E-state index in [0.29, 0.717) is 0 Å². The number of nitrogens with zero attached hydrogens (tertiary/aromatic N) is 2. The molecule has 2 saturated carbocycles. The highest BCUT2D eigenvalue weighted by Crippen LogP contribution is 2.30. The lowest BCUT2D eigenvalue weighted by Gasteiger charge is -2.43. The molecule has 1 N–H and O–H groups in total. The van der Waals surface area contributed by atoms with Crippen LogP contribution in [-0.2, 0) is 0 Å². The Kier molecular flexibility index (Phi) is 7.38. The van der Waals surface area contributed by atoms with Crippen LogP contribution in [0.1, 0.15) is 84.0 Å². The van der Waals surface area contributed by atoms with E-state index in [1.54, 1.807) is 0 Å². The maximum atomic E-state index is 4.64. The Hall–Kier alpha value is -0.730. The van der Waals surface area contributed by atoms with Crippen LogP contribution in [0.25, 0.3) is 0 Å². The van der Waals surface area contributed by atoms with Crippen molar-refractivity contribution >= 4 is 5.96 Å². The lowest BCUT2D eigenvalue weighted by atomic mass is 9.89. The van der Waals surface area contributed by atoms with Gasteiger partial charge in [-0.3, -0.25) is 4.99 Å². The van der Waals surface area contributed by atoms with Crippen LogP contribution in [0, 0.1) is 0 Å². The first-order valence-electron chi connectivity index (χ1n) is 9.35. The fraction of sp³-hybridized carbons (Fsp3) is 0.944. The molecule has 2 aliphatic carbocycles. The van der Waals surface area contributed by atoms with E-state index in [2.05, 4.69) is 22.1 Å². The van der Waals surface area contributed by atoms with Crippen molar-refractivity contribution < 1.29 is 0 Å². The van der Waals surface area contributed by atoms with E-state index in [1.165, 1.54) is 83.0 Å². The van der Waals surface area contributed by atoms with E-state index < -0.39 is 0 Å². The number of guanidine groups is 1. The molecule has 0 aromatic rings. The molecule has 0 unspecified atom stereocenters. The summed E-state index contributed by atoms with van der Waals surface area (Å²) in [6.45, 7) is 3.32. The van der Waals surface area contributed by atoms with Crippen LogP contribution in [0.5, 0.6) is 0 Å². The molecule has 122 valence electrons. The Balaban J connectivity index is 2.04. The van der Waals surface area contributed by atoms with Gasteiger partial charge in [0.05, 0.1) is 0 Å². The number of nitrogens with one attached hydrogen (secondary N) is 1. The molecule has 2 aliphatic rings. The number of rotatable bonds is 5. The van der Waals surface area contributed by atoms with Crippen LogP contribution in [0.4, 0.5) is 0 Å². The Bertz CT molecular complexity index is 284. The molecule has 2 rings (SSSR count). The molecule has 2 fully saturated rings. The Morgan fingerprint density at radius 1 is 0.952 bits per heavy atom. The van der Waals surface area contributed by atoms with Gasteiger partial charge in [0.2, 0.25) is 0 Å². The maximum Gasteiger partial charge on any atom is 0.194 e. The highest BCUT2D eigenvalue weighted by atomic mass is 15.3. The van der Waals surface area contributed by atoms with E-state index >= 15 is 0 Å². The summed E-state index contributed by atoms with van der Waals surface area (Å²) in [5, 5.41) is 3.64. The molecule has 0 aromatic heterocycles. The van der Waals surface area contributed by atoms with Gasteiger partial charge in [-0.15, -0.1) is 0 Å². The molecule has 0 aromatic carbocycles. The molecule has 0 amide bonds. The van der Waals surface area contributed by atoms with Crippen LogP contribution in [-0.4, -0.2) is 36.5 Å². The molecule has 0 saturated heterocycles. The summed E-state index contributed by atoms with van der Waals surface area (Å²) in [6, 6.07) is 1.46. The minimum atomic E-state index is 0.731. The molecule has 0 spiro atoms. The van der Waals surface area contributed by atoms with Crippen molar-refractivity contribution in [1.82, 2.24) is 10.2 Å². The first-order chi connectivity index (χ1) is 10.4. The Labute approximate surface area is 131 Å². The maximum absolute atomic E-state index is 4.64. The number of unbranched alkanes of at least 4 members (excludes halogenated alkanes) is 1. The van der Waals surface area contributed by atoms with Gasteiger partial charge in [-0.05, 0) is 32.1 Å². The molecule has 0 aliphatic heterocycles. The van der Waals surface area contributed by atoms with Crippen molar-refractivity contribution in [1.29, 1.82) is 0 Å². The highest BCUT2D eigenvalue weighted by Gasteiger charge is 2.30. The number of hydrogen-bond donors (Lipinski definition) is 1. The molecular formula is C18H35N3. The van der Waals surface area contributed by atoms with E-state index in [9.17, 15) is 0 Å². The quantitative estimate of drug-likeness (QED) is 0.464. The highest BCUT2D eigenvalue weighted by molar-refractivity contribution is 5.80. The third-order valence-electron chi connectivity index (χ3n) is 5.21. The smallest absolute Gasteiger partial charge is 0.194 e. The molecule has 3 heteroatoms. The predicted molar refractivity (Wildman–Crippen MR) is 91.9 cm³/mol. The van der Waals surface area contributed by atoms with Gasteiger partial charge in [0.1, 0.15) is 0 Å². The van der Waals surface area contributed by atoms with E-state index in [4.69, 9.17) is 0 Å². The van der Waals surface area contributed by atoms with Gasteiger partial charge < -0.3 is 10.2 Å². The monoisotopic (exact) mass is 293 g/mol. The van der Waals surface area contributed by atoms with Gasteiger partial charge in [0, 0.05) is 25.7 Å². The SMILES string of the molecule is CCCCNC(=NC)N(C1CCCCC1)C1CCCCC1. The normalized spacial score (nSPS) is 22.3. The third kappa shape index (κ3) is 4.89. The summed E-state index contributed by atoms with van der Waals surface area (Å²) in [5.74, 6) is 1.18. The van der Waals surface area contributed by atoms with Gasteiger partial charge in [-0.2, -0.15) is 0 Å². The van der Waals surface area contributed by atoms with Crippen molar-refractivity contribution in [3.63, 3.8) is 0 Å². The Morgan fingerprint density at radius 2 is 1.48 bits per heavy atom.